The van der Waals surface area contributed by atoms with E-state index in [4.69, 9.17) is 0 Å². The summed E-state index contributed by atoms with van der Waals surface area (Å²) in [7, 11) is 0. The number of unbranched alkanes of at least 4 members (excludes halogenated alkanes) is 12. The van der Waals surface area contributed by atoms with E-state index in [0.29, 0.717) is 12.1 Å². The Morgan fingerprint density at radius 2 is 0.792 bits per heavy atom. The molecule has 24 heavy (non-hydrogen) atoms. The summed E-state index contributed by atoms with van der Waals surface area (Å²) in [5.41, 5.74) is 0. The van der Waals surface area contributed by atoms with E-state index in [-0.39, 0.29) is 12.4 Å². The van der Waals surface area contributed by atoms with Crippen LogP contribution in [0.1, 0.15) is 130 Å². The second kappa shape index (κ2) is 21.3. The summed E-state index contributed by atoms with van der Waals surface area (Å²) < 4.78 is 0. The molecule has 0 rings (SSSR count). The first-order chi connectivity index (χ1) is 11.2. The van der Waals surface area contributed by atoms with E-state index in [1.807, 2.05) is 0 Å². The lowest BCUT2D eigenvalue weighted by Crippen LogP contribution is -2.34. The minimum absolute atomic E-state index is 0. The zero-order valence-electron chi connectivity index (χ0n) is 17.4. The van der Waals surface area contributed by atoms with Gasteiger partial charge in [0.2, 0.25) is 0 Å². The minimum Gasteiger partial charge on any atom is -0.312 e. The average molecular weight is 362 g/mol. The minimum atomic E-state index is 0. The zero-order chi connectivity index (χ0) is 17.2. The van der Waals surface area contributed by atoms with E-state index in [1.165, 1.54) is 103 Å². The fourth-order valence-corrected chi connectivity index (χ4v) is 3.47. The van der Waals surface area contributed by atoms with E-state index in [1.54, 1.807) is 0 Å². The summed E-state index contributed by atoms with van der Waals surface area (Å²) in [6.45, 7) is 9.33. The van der Waals surface area contributed by atoms with Crippen molar-refractivity contribution in [3.05, 3.63) is 0 Å². The summed E-state index contributed by atoms with van der Waals surface area (Å²) in [5.74, 6) is 0. The van der Waals surface area contributed by atoms with Crippen LogP contribution in [0, 0.1) is 0 Å². The summed E-state index contributed by atoms with van der Waals surface area (Å²) in [4.78, 5) is 0. The molecule has 0 radical (unpaired) electrons. The van der Waals surface area contributed by atoms with Crippen LogP contribution >= 0.6 is 12.4 Å². The molecule has 0 aliphatic rings. The lowest BCUT2D eigenvalue weighted by atomic mass is 10.0. The van der Waals surface area contributed by atoms with Crippen molar-refractivity contribution in [3.8, 4) is 0 Å². The van der Waals surface area contributed by atoms with Crippen molar-refractivity contribution in [2.45, 2.75) is 143 Å². The first-order valence-corrected chi connectivity index (χ1v) is 11.0. The molecule has 0 amide bonds. The third-order valence-corrected chi connectivity index (χ3v) is 5.05. The molecule has 0 aromatic rings. The monoisotopic (exact) mass is 361 g/mol. The van der Waals surface area contributed by atoms with Crippen LogP contribution in [-0.4, -0.2) is 12.1 Å². The van der Waals surface area contributed by atoms with Gasteiger partial charge < -0.3 is 5.32 Å². The molecule has 0 aliphatic heterocycles. The molecule has 0 aliphatic carbocycles. The van der Waals surface area contributed by atoms with Crippen LogP contribution in [0.2, 0.25) is 0 Å². The molecule has 2 unspecified atom stereocenters. The van der Waals surface area contributed by atoms with Gasteiger partial charge >= 0.3 is 0 Å². The van der Waals surface area contributed by atoms with Crippen LogP contribution in [0.4, 0.5) is 0 Å². The maximum Gasteiger partial charge on any atom is 0.00412 e. The fourth-order valence-electron chi connectivity index (χ4n) is 3.47. The highest BCUT2D eigenvalue weighted by Gasteiger charge is 2.07. The van der Waals surface area contributed by atoms with E-state index in [0.717, 1.165) is 0 Å². The molecular weight excluding hydrogens is 314 g/mol. The SMILES string of the molecule is CCCCCCCCCC(C)NC(C)CCCCCCCCC.Cl. The number of nitrogens with one attached hydrogen (secondary N) is 1. The number of hydrogen-bond donors (Lipinski definition) is 1. The molecule has 0 aromatic heterocycles. The van der Waals surface area contributed by atoms with Crippen molar-refractivity contribution in [2.75, 3.05) is 0 Å². The van der Waals surface area contributed by atoms with E-state index >= 15 is 0 Å². The van der Waals surface area contributed by atoms with Gasteiger partial charge in [0.1, 0.15) is 0 Å². The first kappa shape index (κ1) is 26.5. The van der Waals surface area contributed by atoms with Crippen LogP contribution in [0.5, 0.6) is 0 Å². The molecule has 0 heterocycles. The number of rotatable bonds is 18. The Balaban J connectivity index is 0. The van der Waals surface area contributed by atoms with Gasteiger partial charge in [0.15, 0.2) is 0 Å². The van der Waals surface area contributed by atoms with Crippen LogP contribution < -0.4 is 5.32 Å². The highest BCUT2D eigenvalue weighted by Crippen LogP contribution is 2.12. The molecule has 0 bridgehead atoms. The highest BCUT2D eigenvalue weighted by molar-refractivity contribution is 5.85. The Labute approximate surface area is 160 Å². The zero-order valence-corrected chi connectivity index (χ0v) is 18.2. The van der Waals surface area contributed by atoms with Gasteiger partial charge in [0, 0.05) is 12.1 Å². The van der Waals surface area contributed by atoms with Gasteiger partial charge in [-0.05, 0) is 26.7 Å². The number of halogens is 1. The predicted octanol–water partition coefficient (Wildman–Crippen LogP) is 8.06. The molecule has 0 saturated carbocycles. The van der Waals surface area contributed by atoms with Gasteiger partial charge in [-0.3, -0.25) is 0 Å². The first-order valence-electron chi connectivity index (χ1n) is 11.0. The normalized spacial score (nSPS) is 13.5. The van der Waals surface area contributed by atoms with Gasteiger partial charge in [-0.2, -0.15) is 0 Å². The van der Waals surface area contributed by atoms with Crippen LogP contribution in [0.25, 0.3) is 0 Å². The Hall–Kier alpha value is 0.250. The van der Waals surface area contributed by atoms with Crippen molar-refractivity contribution in [3.63, 3.8) is 0 Å². The predicted molar refractivity (Wildman–Crippen MR) is 115 cm³/mol. The molecule has 0 fully saturated rings. The summed E-state index contributed by atoms with van der Waals surface area (Å²) >= 11 is 0. The Morgan fingerprint density at radius 1 is 0.500 bits per heavy atom. The molecule has 2 atom stereocenters. The van der Waals surface area contributed by atoms with Gasteiger partial charge in [-0.25, -0.2) is 0 Å². The van der Waals surface area contributed by atoms with Crippen molar-refractivity contribution in [2.24, 2.45) is 0 Å². The van der Waals surface area contributed by atoms with E-state index < -0.39 is 0 Å². The van der Waals surface area contributed by atoms with Gasteiger partial charge in [0.25, 0.3) is 0 Å². The molecular formula is C22H48ClN. The standard InChI is InChI=1S/C22H47N.ClH/c1-5-7-9-11-13-15-17-19-21(3)23-22(4)20-18-16-14-12-10-8-6-2;/h21-23H,5-20H2,1-4H3;1H. The molecule has 0 saturated heterocycles. The van der Waals surface area contributed by atoms with E-state index in [2.05, 4.69) is 33.0 Å². The van der Waals surface area contributed by atoms with Gasteiger partial charge in [0.05, 0.1) is 0 Å². The van der Waals surface area contributed by atoms with Crippen molar-refractivity contribution in [1.82, 2.24) is 5.32 Å². The van der Waals surface area contributed by atoms with Gasteiger partial charge in [-0.1, -0.05) is 104 Å². The van der Waals surface area contributed by atoms with E-state index in [9.17, 15) is 0 Å². The molecule has 1 nitrogen and oxygen atoms in total. The summed E-state index contributed by atoms with van der Waals surface area (Å²) in [6.07, 6.45) is 22.6. The van der Waals surface area contributed by atoms with Crippen LogP contribution in [0.15, 0.2) is 0 Å². The second-order valence-electron chi connectivity index (χ2n) is 7.79. The maximum absolute atomic E-state index is 3.80. The van der Waals surface area contributed by atoms with Crippen LogP contribution in [0.3, 0.4) is 0 Å². The van der Waals surface area contributed by atoms with Crippen molar-refractivity contribution < 1.29 is 0 Å². The third-order valence-electron chi connectivity index (χ3n) is 5.05. The molecule has 2 heteroatoms. The molecule has 1 N–H and O–H groups in total. The third kappa shape index (κ3) is 20.3. The van der Waals surface area contributed by atoms with Crippen molar-refractivity contribution >= 4 is 12.4 Å². The van der Waals surface area contributed by atoms with Gasteiger partial charge in [-0.15, -0.1) is 12.4 Å². The maximum atomic E-state index is 3.80. The Bertz CT molecular complexity index is 198. The smallest absolute Gasteiger partial charge is 0.00412 e. The molecule has 0 aromatic carbocycles. The largest absolute Gasteiger partial charge is 0.312 e. The van der Waals surface area contributed by atoms with Crippen LogP contribution in [-0.2, 0) is 0 Å². The lowest BCUT2D eigenvalue weighted by molar-refractivity contribution is 0.402. The highest BCUT2D eigenvalue weighted by atomic mass is 35.5. The van der Waals surface area contributed by atoms with Crippen molar-refractivity contribution in [1.29, 1.82) is 0 Å². The fraction of sp³-hybridized carbons (Fsp3) is 1.00. The molecule has 0 spiro atoms. The molecule has 148 valence electrons. The topological polar surface area (TPSA) is 12.0 Å². The Kier molecular flexibility index (Phi) is 23.5. The summed E-state index contributed by atoms with van der Waals surface area (Å²) in [5, 5.41) is 3.80. The average Bonchev–Trinajstić information content (AvgIpc) is 2.53. The quantitative estimate of drug-likeness (QED) is 0.243. The second-order valence-corrected chi connectivity index (χ2v) is 7.79. The number of hydrogen-bond acceptors (Lipinski definition) is 1. The lowest BCUT2D eigenvalue weighted by Gasteiger charge is -2.20. The Morgan fingerprint density at radius 3 is 1.12 bits per heavy atom. The summed E-state index contributed by atoms with van der Waals surface area (Å²) in [6, 6.07) is 1.40.